The second-order valence-corrected chi connectivity index (χ2v) is 6.22. The normalized spacial score (nSPS) is 17.8. The SMILES string of the molecule is COC(=O)C1CCCn2c(Cc3cccs3)nc(Cl)c21. The van der Waals surface area contributed by atoms with Gasteiger partial charge in [-0.25, -0.2) is 4.98 Å². The first-order valence-corrected chi connectivity index (χ1v) is 7.81. The van der Waals surface area contributed by atoms with E-state index in [-0.39, 0.29) is 11.9 Å². The van der Waals surface area contributed by atoms with Crippen LogP contribution in [0.25, 0.3) is 0 Å². The summed E-state index contributed by atoms with van der Waals surface area (Å²) in [5, 5.41) is 2.49. The molecule has 6 heteroatoms. The van der Waals surface area contributed by atoms with Crippen LogP contribution in [0.5, 0.6) is 0 Å². The van der Waals surface area contributed by atoms with Crippen molar-refractivity contribution in [1.29, 1.82) is 0 Å². The number of methoxy groups -OCH3 is 1. The molecule has 1 unspecified atom stereocenters. The summed E-state index contributed by atoms with van der Waals surface area (Å²) >= 11 is 7.96. The van der Waals surface area contributed by atoms with E-state index in [0.29, 0.717) is 5.15 Å². The summed E-state index contributed by atoms with van der Waals surface area (Å²) in [6.07, 6.45) is 2.47. The van der Waals surface area contributed by atoms with Gasteiger partial charge in [0.25, 0.3) is 0 Å². The maximum Gasteiger partial charge on any atom is 0.314 e. The van der Waals surface area contributed by atoms with E-state index in [2.05, 4.69) is 15.6 Å². The third kappa shape index (κ3) is 2.36. The van der Waals surface area contributed by atoms with Crippen molar-refractivity contribution in [1.82, 2.24) is 9.55 Å². The van der Waals surface area contributed by atoms with E-state index < -0.39 is 0 Å². The van der Waals surface area contributed by atoms with Crippen LogP contribution in [0, 0.1) is 0 Å². The van der Waals surface area contributed by atoms with Crippen LogP contribution < -0.4 is 0 Å². The standard InChI is InChI=1S/C14H15ClN2O2S/c1-19-14(18)10-5-2-6-17-11(16-13(15)12(10)17)8-9-4-3-7-20-9/h3-4,7,10H,2,5-6,8H2,1H3. The van der Waals surface area contributed by atoms with E-state index in [0.717, 1.165) is 37.3 Å². The van der Waals surface area contributed by atoms with Gasteiger partial charge in [-0.05, 0) is 24.3 Å². The molecule has 0 aliphatic carbocycles. The largest absolute Gasteiger partial charge is 0.469 e. The lowest BCUT2D eigenvalue weighted by atomic mass is 9.96. The van der Waals surface area contributed by atoms with Gasteiger partial charge >= 0.3 is 5.97 Å². The highest BCUT2D eigenvalue weighted by Gasteiger charge is 2.32. The van der Waals surface area contributed by atoms with Crippen LogP contribution >= 0.6 is 22.9 Å². The molecule has 1 aliphatic rings. The molecule has 0 fully saturated rings. The fourth-order valence-corrected chi connectivity index (χ4v) is 3.76. The number of hydrogen-bond acceptors (Lipinski definition) is 4. The fraction of sp³-hybridized carbons (Fsp3) is 0.429. The monoisotopic (exact) mass is 310 g/mol. The van der Waals surface area contributed by atoms with Crippen molar-refractivity contribution in [2.75, 3.05) is 7.11 Å². The number of thiophene rings is 1. The molecule has 0 N–H and O–H groups in total. The van der Waals surface area contributed by atoms with Crippen molar-refractivity contribution in [3.8, 4) is 0 Å². The lowest BCUT2D eigenvalue weighted by Gasteiger charge is -2.23. The number of ether oxygens (including phenoxy) is 1. The minimum absolute atomic E-state index is 0.226. The summed E-state index contributed by atoms with van der Waals surface area (Å²) in [6.45, 7) is 0.864. The molecule has 0 saturated carbocycles. The molecule has 3 heterocycles. The molecular weight excluding hydrogens is 296 g/mol. The summed E-state index contributed by atoms with van der Waals surface area (Å²) in [5.41, 5.74) is 0.816. The molecule has 1 atom stereocenters. The van der Waals surface area contributed by atoms with E-state index in [4.69, 9.17) is 16.3 Å². The highest BCUT2D eigenvalue weighted by molar-refractivity contribution is 7.09. The Morgan fingerprint density at radius 1 is 1.65 bits per heavy atom. The van der Waals surface area contributed by atoms with Gasteiger partial charge in [-0.3, -0.25) is 4.79 Å². The topological polar surface area (TPSA) is 44.1 Å². The Bertz CT molecular complexity index is 621. The third-order valence-electron chi connectivity index (χ3n) is 3.64. The van der Waals surface area contributed by atoms with Crippen molar-refractivity contribution in [3.05, 3.63) is 39.1 Å². The van der Waals surface area contributed by atoms with Gasteiger partial charge in [0.15, 0.2) is 5.15 Å². The Kier molecular flexibility index (Phi) is 3.81. The average Bonchev–Trinajstić information content (AvgIpc) is 3.07. The van der Waals surface area contributed by atoms with Crippen molar-refractivity contribution in [3.63, 3.8) is 0 Å². The lowest BCUT2D eigenvalue weighted by Crippen LogP contribution is -2.24. The van der Waals surface area contributed by atoms with Gasteiger partial charge in [-0.1, -0.05) is 17.7 Å². The smallest absolute Gasteiger partial charge is 0.314 e. The Labute approximate surface area is 126 Å². The number of aromatic nitrogens is 2. The maximum absolute atomic E-state index is 11.9. The third-order valence-corrected chi connectivity index (χ3v) is 4.80. The number of carbonyl (C=O) groups excluding carboxylic acids is 1. The van der Waals surface area contributed by atoms with Crippen LogP contribution in [-0.2, 0) is 22.5 Å². The molecule has 0 amide bonds. The van der Waals surface area contributed by atoms with Crippen LogP contribution in [0.4, 0.5) is 0 Å². The first-order valence-electron chi connectivity index (χ1n) is 6.55. The van der Waals surface area contributed by atoms with E-state index >= 15 is 0 Å². The van der Waals surface area contributed by atoms with Gasteiger partial charge < -0.3 is 9.30 Å². The fourth-order valence-electron chi connectivity index (χ4n) is 2.73. The van der Waals surface area contributed by atoms with Crippen molar-refractivity contribution in [2.45, 2.75) is 31.7 Å². The summed E-state index contributed by atoms with van der Waals surface area (Å²) < 4.78 is 6.97. The zero-order chi connectivity index (χ0) is 14.1. The molecule has 0 spiro atoms. The molecular formula is C14H15ClN2O2S. The van der Waals surface area contributed by atoms with Crippen LogP contribution in [0.3, 0.4) is 0 Å². The molecule has 4 nitrogen and oxygen atoms in total. The van der Waals surface area contributed by atoms with Crippen molar-refractivity contribution < 1.29 is 9.53 Å². The first kappa shape index (κ1) is 13.6. The molecule has 1 aliphatic heterocycles. The van der Waals surface area contributed by atoms with Gasteiger partial charge in [0.05, 0.1) is 12.8 Å². The van der Waals surface area contributed by atoms with Crippen molar-refractivity contribution in [2.24, 2.45) is 0 Å². The van der Waals surface area contributed by atoms with Crippen LogP contribution in [0.15, 0.2) is 17.5 Å². The quantitative estimate of drug-likeness (QED) is 0.818. The number of rotatable bonds is 3. The highest BCUT2D eigenvalue weighted by atomic mass is 35.5. The highest BCUT2D eigenvalue weighted by Crippen LogP contribution is 2.35. The number of halogens is 1. The molecule has 2 aromatic rings. The van der Waals surface area contributed by atoms with Gasteiger partial charge in [-0.2, -0.15) is 0 Å². The van der Waals surface area contributed by atoms with Crippen LogP contribution in [-0.4, -0.2) is 22.6 Å². The minimum atomic E-state index is -0.286. The Morgan fingerprint density at radius 2 is 2.50 bits per heavy atom. The minimum Gasteiger partial charge on any atom is -0.469 e. The van der Waals surface area contributed by atoms with E-state index in [1.807, 2.05) is 11.4 Å². The Hall–Kier alpha value is -1.33. The lowest BCUT2D eigenvalue weighted by molar-refractivity contribution is -0.143. The summed E-state index contributed by atoms with van der Waals surface area (Å²) in [4.78, 5) is 17.6. The Morgan fingerprint density at radius 3 is 3.20 bits per heavy atom. The van der Waals surface area contributed by atoms with Crippen LogP contribution in [0.2, 0.25) is 5.15 Å². The average molecular weight is 311 g/mol. The summed E-state index contributed by atoms with van der Waals surface area (Å²) in [6, 6.07) is 4.11. The van der Waals surface area contributed by atoms with Crippen LogP contribution in [0.1, 0.15) is 35.2 Å². The molecule has 0 bridgehead atoms. The number of fused-ring (bicyclic) bond motifs is 1. The zero-order valence-electron chi connectivity index (χ0n) is 11.1. The number of carbonyl (C=O) groups is 1. The predicted molar refractivity (Wildman–Crippen MR) is 78.4 cm³/mol. The van der Waals surface area contributed by atoms with Gasteiger partial charge in [0, 0.05) is 17.8 Å². The van der Waals surface area contributed by atoms with Crippen molar-refractivity contribution >= 4 is 28.9 Å². The predicted octanol–water partition coefficient (Wildman–Crippen LogP) is 3.24. The second-order valence-electron chi connectivity index (χ2n) is 4.83. The van der Waals surface area contributed by atoms with E-state index in [1.54, 1.807) is 11.3 Å². The Balaban J connectivity index is 1.97. The van der Waals surface area contributed by atoms with E-state index in [1.165, 1.54) is 12.0 Å². The number of esters is 1. The summed E-state index contributed by atoms with van der Waals surface area (Å²) in [7, 11) is 1.41. The van der Waals surface area contributed by atoms with E-state index in [9.17, 15) is 4.79 Å². The molecule has 106 valence electrons. The van der Waals surface area contributed by atoms with Gasteiger partial charge in [0.2, 0.25) is 0 Å². The number of imidazole rings is 1. The van der Waals surface area contributed by atoms with Gasteiger partial charge in [-0.15, -0.1) is 11.3 Å². The second kappa shape index (κ2) is 5.58. The zero-order valence-corrected chi connectivity index (χ0v) is 12.7. The molecule has 20 heavy (non-hydrogen) atoms. The number of nitrogens with zero attached hydrogens (tertiary/aromatic N) is 2. The molecule has 0 radical (unpaired) electrons. The molecule has 0 aromatic carbocycles. The first-order chi connectivity index (χ1) is 9.70. The molecule has 2 aromatic heterocycles. The van der Waals surface area contributed by atoms with Gasteiger partial charge in [0.1, 0.15) is 11.7 Å². The number of hydrogen-bond donors (Lipinski definition) is 0. The molecule has 0 saturated heterocycles. The summed E-state index contributed by atoms with van der Waals surface area (Å²) in [5.74, 6) is 0.419. The molecule has 3 rings (SSSR count). The maximum atomic E-state index is 11.9.